The molecule has 1 atom stereocenters. The van der Waals surface area contributed by atoms with Gasteiger partial charge in [0.25, 0.3) is 0 Å². The maximum Gasteiger partial charge on any atom is 0.208 e. The number of oxazole rings is 1. The van der Waals surface area contributed by atoms with Crippen molar-refractivity contribution in [3.05, 3.63) is 77.9 Å². The SMILES string of the molecule is CCc1cnc(CNC(c2ccccc2)c2ccco2)o1. The Balaban J connectivity index is 1.77. The van der Waals surface area contributed by atoms with Crippen LogP contribution in [0.4, 0.5) is 0 Å². The molecule has 1 unspecified atom stereocenters. The summed E-state index contributed by atoms with van der Waals surface area (Å²) in [7, 11) is 0. The molecule has 0 spiro atoms. The predicted molar refractivity (Wildman–Crippen MR) is 79.7 cm³/mol. The largest absolute Gasteiger partial charge is 0.467 e. The molecule has 4 heteroatoms. The first kappa shape index (κ1) is 13.6. The van der Waals surface area contributed by atoms with E-state index in [-0.39, 0.29) is 6.04 Å². The molecule has 0 saturated carbocycles. The molecule has 1 aromatic carbocycles. The van der Waals surface area contributed by atoms with Crippen molar-refractivity contribution in [3.8, 4) is 0 Å². The van der Waals surface area contributed by atoms with Crippen LogP contribution >= 0.6 is 0 Å². The van der Waals surface area contributed by atoms with Crippen LogP contribution in [0.2, 0.25) is 0 Å². The van der Waals surface area contributed by atoms with Crippen LogP contribution in [0.15, 0.2) is 63.8 Å². The summed E-state index contributed by atoms with van der Waals surface area (Å²) in [5.74, 6) is 2.48. The van der Waals surface area contributed by atoms with Gasteiger partial charge in [-0.2, -0.15) is 0 Å². The Bertz CT molecular complexity index is 659. The first-order valence-electron chi connectivity index (χ1n) is 7.12. The van der Waals surface area contributed by atoms with Crippen molar-refractivity contribution in [3.63, 3.8) is 0 Å². The molecule has 3 rings (SSSR count). The van der Waals surface area contributed by atoms with E-state index < -0.39 is 0 Å². The Kier molecular flexibility index (Phi) is 4.17. The molecule has 0 amide bonds. The lowest BCUT2D eigenvalue weighted by Gasteiger charge is -2.16. The van der Waals surface area contributed by atoms with Crippen LogP contribution < -0.4 is 5.32 Å². The number of hydrogen-bond acceptors (Lipinski definition) is 4. The third-order valence-electron chi connectivity index (χ3n) is 3.37. The van der Waals surface area contributed by atoms with E-state index in [1.54, 1.807) is 12.5 Å². The molecule has 0 radical (unpaired) electrons. The van der Waals surface area contributed by atoms with Crippen LogP contribution in [-0.2, 0) is 13.0 Å². The van der Waals surface area contributed by atoms with E-state index in [0.717, 1.165) is 23.5 Å². The highest BCUT2D eigenvalue weighted by Crippen LogP contribution is 2.22. The minimum atomic E-state index is -0.0156. The highest BCUT2D eigenvalue weighted by molar-refractivity contribution is 5.26. The van der Waals surface area contributed by atoms with Gasteiger partial charge in [-0.25, -0.2) is 4.98 Å². The summed E-state index contributed by atoms with van der Waals surface area (Å²) < 4.78 is 11.2. The average molecular weight is 282 g/mol. The third-order valence-corrected chi connectivity index (χ3v) is 3.37. The van der Waals surface area contributed by atoms with Gasteiger partial charge in [0.1, 0.15) is 11.5 Å². The molecule has 0 saturated heterocycles. The molecule has 1 N–H and O–H groups in total. The molecule has 4 nitrogen and oxygen atoms in total. The fraction of sp³-hybridized carbons (Fsp3) is 0.235. The maximum absolute atomic E-state index is 5.63. The van der Waals surface area contributed by atoms with Gasteiger partial charge < -0.3 is 8.83 Å². The summed E-state index contributed by atoms with van der Waals surface area (Å²) in [6.45, 7) is 2.60. The topological polar surface area (TPSA) is 51.2 Å². The van der Waals surface area contributed by atoms with Gasteiger partial charge in [0, 0.05) is 6.42 Å². The number of furan rings is 1. The first-order valence-corrected chi connectivity index (χ1v) is 7.12. The zero-order valence-corrected chi connectivity index (χ0v) is 12.0. The molecular weight excluding hydrogens is 264 g/mol. The quantitative estimate of drug-likeness (QED) is 0.749. The molecule has 0 aliphatic rings. The monoisotopic (exact) mass is 282 g/mol. The van der Waals surface area contributed by atoms with Crippen molar-refractivity contribution >= 4 is 0 Å². The van der Waals surface area contributed by atoms with Gasteiger partial charge in [-0.05, 0) is 17.7 Å². The van der Waals surface area contributed by atoms with Crippen molar-refractivity contribution in [1.29, 1.82) is 0 Å². The van der Waals surface area contributed by atoms with Gasteiger partial charge >= 0.3 is 0 Å². The fourth-order valence-corrected chi connectivity index (χ4v) is 2.27. The molecule has 0 fully saturated rings. The van der Waals surface area contributed by atoms with Crippen molar-refractivity contribution in [2.45, 2.75) is 25.9 Å². The Hall–Kier alpha value is -2.33. The molecular formula is C17H18N2O2. The number of aryl methyl sites for hydroxylation is 1. The molecule has 0 aliphatic heterocycles. The minimum absolute atomic E-state index is 0.0156. The first-order chi connectivity index (χ1) is 10.4. The van der Waals surface area contributed by atoms with Crippen molar-refractivity contribution < 1.29 is 8.83 Å². The lowest BCUT2D eigenvalue weighted by Crippen LogP contribution is -2.21. The summed E-state index contributed by atoms with van der Waals surface area (Å²) in [5, 5.41) is 3.44. The van der Waals surface area contributed by atoms with Crippen molar-refractivity contribution in [2.24, 2.45) is 0 Å². The summed E-state index contributed by atoms with van der Waals surface area (Å²) in [4.78, 5) is 4.27. The average Bonchev–Trinajstić information content (AvgIpc) is 3.20. The van der Waals surface area contributed by atoms with Crippen molar-refractivity contribution in [1.82, 2.24) is 10.3 Å². The molecule has 2 aromatic heterocycles. The number of rotatable bonds is 6. The molecule has 0 bridgehead atoms. The molecule has 21 heavy (non-hydrogen) atoms. The molecule has 0 aliphatic carbocycles. The Morgan fingerprint density at radius 1 is 1.14 bits per heavy atom. The van der Waals surface area contributed by atoms with Crippen LogP contribution in [0.5, 0.6) is 0 Å². The van der Waals surface area contributed by atoms with Gasteiger partial charge in [-0.3, -0.25) is 5.32 Å². The van der Waals surface area contributed by atoms with Crippen LogP contribution in [0.1, 0.15) is 35.9 Å². The fourth-order valence-electron chi connectivity index (χ4n) is 2.27. The lowest BCUT2D eigenvalue weighted by atomic mass is 10.0. The molecule has 3 aromatic rings. The van der Waals surface area contributed by atoms with E-state index in [1.807, 2.05) is 37.3 Å². The summed E-state index contributed by atoms with van der Waals surface area (Å²) in [5.41, 5.74) is 1.15. The van der Waals surface area contributed by atoms with Gasteiger partial charge in [0.2, 0.25) is 5.89 Å². The zero-order chi connectivity index (χ0) is 14.5. The van der Waals surface area contributed by atoms with E-state index >= 15 is 0 Å². The normalized spacial score (nSPS) is 12.4. The van der Waals surface area contributed by atoms with E-state index in [0.29, 0.717) is 12.4 Å². The second-order valence-electron chi connectivity index (χ2n) is 4.81. The van der Waals surface area contributed by atoms with E-state index in [1.165, 1.54) is 0 Å². The van der Waals surface area contributed by atoms with Gasteiger partial charge in [-0.15, -0.1) is 0 Å². The number of aromatic nitrogens is 1. The Morgan fingerprint density at radius 3 is 2.67 bits per heavy atom. The smallest absolute Gasteiger partial charge is 0.208 e. The van der Waals surface area contributed by atoms with Crippen LogP contribution in [0.3, 0.4) is 0 Å². The second kappa shape index (κ2) is 6.41. The molecule has 2 heterocycles. The highest BCUT2D eigenvalue weighted by atomic mass is 16.4. The number of hydrogen-bond donors (Lipinski definition) is 1. The van der Waals surface area contributed by atoms with E-state index in [2.05, 4.69) is 22.4 Å². The highest BCUT2D eigenvalue weighted by Gasteiger charge is 2.17. The predicted octanol–water partition coefficient (Wildman–Crippen LogP) is 3.71. The Labute approximate surface area is 123 Å². The van der Waals surface area contributed by atoms with Crippen LogP contribution in [0.25, 0.3) is 0 Å². The third kappa shape index (κ3) is 3.23. The van der Waals surface area contributed by atoms with E-state index in [4.69, 9.17) is 8.83 Å². The molecule has 108 valence electrons. The van der Waals surface area contributed by atoms with Crippen molar-refractivity contribution in [2.75, 3.05) is 0 Å². The Morgan fingerprint density at radius 2 is 2.00 bits per heavy atom. The zero-order valence-electron chi connectivity index (χ0n) is 12.0. The number of nitrogens with zero attached hydrogens (tertiary/aromatic N) is 1. The minimum Gasteiger partial charge on any atom is -0.467 e. The number of nitrogens with one attached hydrogen (secondary N) is 1. The summed E-state index contributed by atoms with van der Waals surface area (Å²) in [6.07, 6.45) is 4.32. The summed E-state index contributed by atoms with van der Waals surface area (Å²) >= 11 is 0. The lowest BCUT2D eigenvalue weighted by molar-refractivity contribution is 0.402. The number of benzene rings is 1. The van der Waals surface area contributed by atoms with Gasteiger partial charge in [0.15, 0.2) is 0 Å². The van der Waals surface area contributed by atoms with Gasteiger partial charge in [0.05, 0.1) is 25.0 Å². The summed E-state index contributed by atoms with van der Waals surface area (Å²) in [6, 6.07) is 14.1. The van der Waals surface area contributed by atoms with Crippen LogP contribution in [-0.4, -0.2) is 4.98 Å². The van der Waals surface area contributed by atoms with Gasteiger partial charge in [-0.1, -0.05) is 37.3 Å². The second-order valence-corrected chi connectivity index (χ2v) is 4.81. The van der Waals surface area contributed by atoms with Crippen LogP contribution in [0, 0.1) is 0 Å². The standard InChI is InChI=1S/C17H18N2O2/c1-2-14-11-18-16(21-14)12-19-17(15-9-6-10-20-15)13-7-4-3-5-8-13/h3-11,17,19H,2,12H2,1H3. The van der Waals surface area contributed by atoms with E-state index in [9.17, 15) is 0 Å². The maximum atomic E-state index is 5.63.